The molecule has 0 amide bonds. The van der Waals surface area contributed by atoms with Crippen LogP contribution in [0.15, 0.2) is 24.3 Å². The maximum Gasteiger partial charge on any atom is 0.305 e. The van der Waals surface area contributed by atoms with E-state index in [1.54, 1.807) is 0 Å². The highest BCUT2D eigenvalue weighted by Crippen LogP contribution is 2.25. The van der Waals surface area contributed by atoms with Crippen molar-refractivity contribution in [3.05, 3.63) is 29.8 Å². The molecule has 3 nitrogen and oxygen atoms in total. The van der Waals surface area contributed by atoms with E-state index in [1.807, 2.05) is 25.8 Å². The number of aliphatic carboxylic acids is 1. The third kappa shape index (κ3) is 3.76. The van der Waals surface area contributed by atoms with Crippen LogP contribution in [-0.2, 0) is 11.2 Å². The van der Waals surface area contributed by atoms with Crippen molar-refractivity contribution in [1.29, 1.82) is 0 Å². The fourth-order valence-electron chi connectivity index (χ4n) is 2.01. The molecular formula is C15H23NO2. The van der Waals surface area contributed by atoms with E-state index in [4.69, 9.17) is 5.11 Å². The summed E-state index contributed by atoms with van der Waals surface area (Å²) in [6, 6.07) is 8.36. The molecule has 1 aromatic carbocycles. The fraction of sp³-hybridized carbons (Fsp3) is 0.533. The molecule has 0 unspecified atom stereocenters. The zero-order valence-corrected chi connectivity index (χ0v) is 11.7. The summed E-state index contributed by atoms with van der Waals surface area (Å²) in [5.74, 6) is -0.769. The van der Waals surface area contributed by atoms with Crippen LogP contribution in [0.2, 0.25) is 0 Å². The first-order chi connectivity index (χ1) is 8.36. The number of carboxylic acids is 1. The standard InChI is InChI=1S/C15H23NO2/c1-5-6-12-7-9-13(10-8-12)16(4)15(2,3)11-14(17)18/h7-10H,5-6,11H2,1-4H3,(H,17,18). The Balaban J connectivity index is 2.82. The summed E-state index contributed by atoms with van der Waals surface area (Å²) in [6.07, 6.45) is 2.35. The van der Waals surface area contributed by atoms with Crippen LogP contribution >= 0.6 is 0 Å². The van der Waals surface area contributed by atoms with E-state index in [9.17, 15) is 4.79 Å². The van der Waals surface area contributed by atoms with Crippen LogP contribution in [0.25, 0.3) is 0 Å². The minimum atomic E-state index is -0.769. The van der Waals surface area contributed by atoms with Crippen LogP contribution < -0.4 is 4.90 Å². The van der Waals surface area contributed by atoms with Crippen LogP contribution in [0.5, 0.6) is 0 Å². The SMILES string of the molecule is CCCc1ccc(N(C)C(C)(C)CC(=O)O)cc1. The van der Waals surface area contributed by atoms with E-state index in [-0.39, 0.29) is 6.42 Å². The second kappa shape index (κ2) is 5.89. The molecule has 0 aromatic heterocycles. The number of anilines is 1. The minimum absolute atomic E-state index is 0.125. The molecule has 1 N–H and O–H groups in total. The lowest BCUT2D eigenvalue weighted by Crippen LogP contribution is -2.43. The second-order valence-electron chi connectivity index (χ2n) is 5.36. The van der Waals surface area contributed by atoms with Gasteiger partial charge in [0.25, 0.3) is 0 Å². The van der Waals surface area contributed by atoms with Crippen molar-refractivity contribution >= 4 is 11.7 Å². The second-order valence-corrected chi connectivity index (χ2v) is 5.36. The van der Waals surface area contributed by atoms with Crippen molar-refractivity contribution < 1.29 is 9.90 Å². The highest BCUT2D eigenvalue weighted by Gasteiger charge is 2.26. The molecule has 100 valence electrons. The minimum Gasteiger partial charge on any atom is -0.481 e. The predicted molar refractivity (Wildman–Crippen MR) is 75.2 cm³/mol. The Kier molecular flexibility index (Phi) is 4.76. The predicted octanol–water partition coefficient (Wildman–Crippen LogP) is 3.33. The van der Waals surface area contributed by atoms with E-state index >= 15 is 0 Å². The average molecular weight is 249 g/mol. The summed E-state index contributed by atoms with van der Waals surface area (Å²) in [4.78, 5) is 12.9. The number of carbonyl (C=O) groups is 1. The van der Waals surface area contributed by atoms with Gasteiger partial charge < -0.3 is 10.0 Å². The maximum atomic E-state index is 10.9. The molecule has 0 heterocycles. The van der Waals surface area contributed by atoms with Gasteiger partial charge in [0.15, 0.2) is 0 Å². The van der Waals surface area contributed by atoms with E-state index < -0.39 is 11.5 Å². The molecule has 0 atom stereocenters. The molecular weight excluding hydrogens is 226 g/mol. The third-order valence-corrected chi connectivity index (χ3v) is 3.35. The number of rotatable bonds is 6. The molecule has 0 saturated carbocycles. The smallest absolute Gasteiger partial charge is 0.305 e. The zero-order chi connectivity index (χ0) is 13.8. The van der Waals surface area contributed by atoms with Gasteiger partial charge >= 0.3 is 5.97 Å². The summed E-state index contributed by atoms with van der Waals surface area (Å²) < 4.78 is 0. The Morgan fingerprint density at radius 3 is 2.28 bits per heavy atom. The number of hydrogen-bond acceptors (Lipinski definition) is 2. The van der Waals surface area contributed by atoms with E-state index in [0.29, 0.717) is 0 Å². The van der Waals surface area contributed by atoms with E-state index in [0.717, 1.165) is 18.5 Å². The van der Waals surface area contributed by atoms with Crippen molar-refractivity contribution in [1.82, 2.24) is 0 Å². The van der Waals surface area contributed by atoms with Crippen LogP contribution in [0.4, 0.5) is 5.69 Å². The van der Waals surface area contributed by atoms with Crippen molar-refractivity contribution in [2.24, 2.45) is 0 Å². The van der Waals surface area contributed by atoms with Crippen molar-refractivity contribution in [2.75, 3.05) is 11.9 Å². The van der Waals surface area contributed by atoms with E-state index in [1.165, 1.54) is 5.56 Å². The molecule has 1 aromatic rings. The Morgan fingerprint density at radius 2 is 1.83 bits per heavy atom. The largest absolute Gasteiger partial charge is 0.481 e. The van der Waals surface area contributed by atoms with Gasteiger partial charge in [-0.3, -0.25) is 4.79 Å². The molecule has 1 rings (SSSR count). The van der Waals surface area contributed by atoms with Gasteiger partial charge in [-0.25, -0.2) is 0 Å². The van der Waals surface area contributed by atoms with Crippen LogP contribution in [-0.4, -0.2) is 23.7 Å². The average Bonchev–Trinajstić information content (AvgIpc) is 2.28. The molecule has 0 radical (unpaired) electrons. The van der Waals surface area contributed by atoms with Crippen molar-refractivity contribution in [3.8, 4) is 0 Å². The Bertz CT molecular complexity index is 395. The number of carboxylic acid groups (broad SMARTS) is 1. The van der Waals surface area contributed by atoms with Gasteiger partial charge in [0, 0.05) is 18.3 Å². The maximum absolute atomic E-state index is 10.9. The number of benzene rings is 1. The lowest BCUT2D eigenvalue weighted by molar-refractivity contribution is -0.138. The molecule has 0 spiro atoms. The monoisotopic (exact) mass is 249 g/mol. The lowest BCUT2D eigenvalue weighted by Gasteiger charge is -2.36. The molecule has 0 aliphatic carbocycles. The zero-order valence-electron chi connectivity index (χ0n) is 11.7. The summed E-state index contributed by atoms with van der Waals surface area (Å²) in [5, 5.41) is 8.93. The quantitative estimate of drug-likeness (QED) is 0.840. The Labute approximate surface area is 109 Å². The van der Waals surface area contributed by atoms with E-state index in [2.05, 4.69) is 31.2 Å². The molecule has 0 fully saturated rings. The van der Waals surface area contributed by atoms with Gasteiger partial charge in [-0.15, -0.1) is 0 Å². The Morgan fingerprint density at radius 1 is 1.28 bits per heavy atom. The highest BCUT2D eigenvalue weighted by atomic mass is 16.4. The first-order valence-electron chi connectivity index (χ1n) is 6.41. The van der Waals surface area contributed by atoms with Crippen molar-refractivity contribution in [3.63, 3.8) is 0 Å². The summed E-state index contributed by atoms with van der Waals surface area (Å²) in [6.45, 7) is 6.05. The molecule has 0 aliphatic heterocycles. The molecule has 0 aliphatic rings. The third-order valence-electron chi connectivity index (χ3n) is 3.35. The normalized spacial score (nSPS) is 11.3. The molecule has 0 bridgehead atoms. The summed E-state index contributed by atoms with van der Waals surface area (Å²) in [7, 11) is 1.94. The van der Waals surface area contributed by atoms with Crippen LogP contribution in [0.1, 0.15) is 39.2 Å². The summed E-state index contributed by atoms with van der Waals surface area (Å²) in [5.41, 5.74) is 1.99. The van der Waals surface area contributed by atoms with Gasteiger partial charge in [0.1, 0.15) is 0 Å². The number of hydrogen-bond donors (Lipinski definition) is 1. The van der Waals surface area contributed by atoms with Crippen LogP contribution in [0, 0.1) is 0 Å². The van der Waals surface area contributed by atoms with Gasteiger partial charge in [-0.05, 0) is 38.0 Å². The van der Waals surface area contributed by atoms with Gasteiger partial charge in [-0.2, -0.15) is 0 Å². The molecule has 3 heteroatoms. The molecule has 18 heavy (non-hydrogen) atoms. The first kappa shape index (κ1) is 14.6. The number of aryl methyl sites for hydroxylation is 1. The van der Waals surface area contributed by atoms with Gasteiger partial charge in [0.2, 0.25) is 0 Å². The molecule has 0 saturated heterocycles. The van der Waals surface area contributed by atoms with Gasteiger partial charge in [0.05, 0.1) is 6.42 Å². The van der Waals surface area contributed by atoms with Gasteiger partial charge in [-0.1, -0.05) is 25.5 Å². The lowest BCUT2D eigenvalue weighted by atomic mass is 9.97. The highest BCUT2D eigenvalue weighted by molar-refractivity contribution is 5.69. The van der Waals surface area contributed by atoms with Crippen LogP contribution in [0.3, 0.4) is 0 Å². The Hall–Kier alpha value is -1.51. The fourth-order valence-corrected chi connectivity index (χ4v) is 2.01. The topological polar surface area (TPSA) is 40.5 Å². The summed E-state index contributed by atoms with van der Waals surface area (Å²) >= 11 is 0. The number of nitrogens with zero attached hydrogens (tertiary/aromatic N) is 1. The first-order valence-corrected chi connectivity index (χ1v) is 6.41. The van der Waals surface area contributed by atoms with Crippen molar-refractivity contribution in [2.45, 2.75) is 45.6 Å².